The van der Waals surface area contributed by atoms with E-state index in [0.29, 0.717) is 0 Å². The molecular weight excluding hydrogens is 312 g/mol. The molecule has 0 heterocycles. The van der Waals surface area contributed by atoms with Crippen LogP contribution < -0.4 is 10.2 Å². The first kappa shape index (κ1) is 15.8. The molecule has 2 rings (SSSR count). The number of hydrogen-bond acceptors (Lipinski definition) is 2. The molecule has 1 aromatic rings. The van der Waals surface area contributed by atoms with Gasteiger partial charge < -0.3 is 10.2 Å². The molecule has 0 amide bonds. The fourth-order valence-electron chi connectivity index (χ4n) is 3.00. The van der Waals surface area contributed by atoms with Gasteiger partial charge in [0.2, 0.25) is 0 Å². The third-order valence-electron chi connectivity index (χ3n) is 4.23. The van der Waals surface area contributed by atoms with Crippen molar-refractivity contribution in [2.75, 3.05) is 25.0 Å². The van der Waals surface area contributed by atoms with Gasteiger partial charge in [0.25, 0.3) is 0 Å². The highest BCUT2D eigenvalue weighted by Gasteiger charge is 2.17. The van der Waals surface area contributed by atoms with Crippen LogP contribution in [0.25, 0.3) is 0 Å². The summed E-state index contributed by atoms with van der Waals surface area (Å²) in [4.78, 5) is 2.41. The molecule has 1 aliphatic rings. The van der Waals surface area contributed by atoms with Gasteiger partial charge in [-0.25, -0.2) is 0 Å². The molecule has 0 spiro atoms. The average Bonchev–Trinajstić information content (AvgIpc) is 2.93. The minimum absolute atomic E-state index is 0.893. The molecule has 1 saturated carbocycles. The van der Waals surface area contributed by atoms with Crippen LogP contribution in [0.3, 0.4) is 0 Å². The molecule has 0 bridgehead atoms. The second-order valence-electron chi connectivity index (χ2n) is 5.98. The van der Waals surface area contributed by atoms with Gasteiger partial charge in [0, 0.05) is 30.3 Å². The summed E-state index contributed by atoms with van der Waals surface area (Å²) >= 11 is 3.71. The molecule has 0 aromatic heterocycles. The zero-order valence-electron chi connectivity index (χ0n) is 12.8. The summed E-state index contributed by atoms with van der Waals surface area (Å²) in [5, 5.41) is 3.46. The van der Waals surface area contributed by atoms with Crippen LogP contribution in [0, 0.1) is 5.92 Å². The van der Waals surface area contributed by atoms with Gasteiger partial charge in [-0.2, -0.15) is 0 Å². The van der Waals surface area contributed by atoms with Crippen LogP contribution in [0.2, 0.25) is 0 Å². The van der Waals surface area contributed by atoms with E-state index >= 15 is 0 Å². The van der Waals surface area contributed by atoms with Crippen LogP contribution in [0.1, 0.15) is 44.6 Å². The Balaban J connectivity index is 1.92. The van der Waals surface area contributed by atoms with E-state index < -0.39 is 0 Å². The molecular formula is C17H27BrN2. The van der Waals surface area contributed by atoms with Gasteiger partial charge in [0.15, 0.2) is 0 Å². The number of nitrogens with one attached hydrogen (secondary N) is 1. The summed E-state index contributed by atoms with van der Waals surface area (Å²) in [7, 11) is 2.22. The highest BCUT2D eigenvalue weighted by atomic mass is 79.9. The molecule has 0 unspecified atom stereocenters. The molecule has 1 fully saturated rings. The molecule has 1 aromatic carbocycles. The molecule has 112 valence electrons. The second kappa shape index (κ2) is 8.04. The van der Waals surface area contributed by atoms with E-state index in [1.54, 1.807) is 0 Å². The summed E-state index contributed by atoms with van der Waals surface area (Å²) in [5.74, 6) is 0.893. The molecule has 3 heteroatoms. The standard InChI is InChI=1S/C17H27BrN2/c1-3-10-19-12-15-8-9-16(11-17(15)18)20(2)13-14-6-4-5-7-14/h8-9,11,14,19H,3-7,10,12-13H2,1-2H3. The number of anilines is 1. The molecule has 0 aliphatic heterocycles. The van der Waals surface area contributed by atoms with Crippen LogP contribution in [-0.4, -0.2) is 20.1 Å². The smallest absolute Gasteiger partial charge is 0.0375 e. The molecule has 0 radical (unpaired) electrons. The maximum absolute atomic E-state index is 3.71. The Morgan fingerprint density at radius 2 is 2.05 bits per heavy atom. The van der Waals surface area contributed by atoms with E-state index in [1.165, 1.54) is 54.4 Å². The predicted molar refractivity (Wildman–Crippen MR) is 91.4 cm³/mol. The van der Waals surface area contributed by atoms with Crippen LogP contribution in [-0.2, 0) is 6.54 Å². The lowest BCUT2D eigenvalue weighted by atomic mass is 10.1. The monoisotopic (exact) mass is 338 g/mol. The first-order valence-electron chi connectivity index (χ1n) is 7.91. The fraction of sp³-hybridized carbons (Fsp3) is 0.647. The largest absolute Gasteiger partial charge is 0.374 e. The Hall–Kier alpha value is -0.540. The van der Waals surface area contributed by atoms with Crippen LogP contribution in [0.15, 0.2) is 22.7 Å². The van der Waals surface area contributed by atoms with Crippen molar-refractivity contribution in [3.8, 4) is 0 Å². The molecule has 2 nitrogen and oxygen atoms in total. The number of rotatable bonds is 7. The van der Waals surface area contributed by atoms with Gasteiger partial charge in [-0.1, -0.05) is 41.8 Å². The van der Waals surface area contributed by atoms with Crippen LogP contribution >= 0.6 is 15.9 Å². The van der Waals surface area contributed by atoms with Crippen molar-refractivity contribution in [3.05, 3.63) is 28.2 Å². The zero-order chi connectivity index (χ0) is 14.4. The Morgan fingerprint density at radius 3 is 2.70 bits per heavy atom. The molecule has 1 aliphatic carbocycles. The lowest BCUT2D eigenvalue weighted by Crippen LogP contribution is -2.24. The fourth-order valence-corrected chi connectivity index (χ4v) is 3.51. The van der Waals surface area contributed by atoms with E-state index in [9.17, 15) is 0 Å². The van der Waals surface area contributed by atoms with E-state index in [0.717, 1.165) is 19.0 Å². The van der Waals surface area contributed by atoms with Gasteiger partial charge >= 0.3 is 0 Å². The Morgan fingerprint density at radius 1 is 1.30 bits per heavy atom. The third kappa shape index (κ3) is 4.49. The molecule has 1 N–H and O–H groups in total. The topological polar surface area (TPSA) is 15.3 Å². The lowest BCUT2D eigenvalue weighted by molar-refractivity contribution is 0.547. The number of nitrogens with zero attached hydrogens (tertiary/aromatic N) is 1. The van der Waals surface area contributed by atoms with Crippen molar-refractivity contribution in [2.24, 2.45) is 5.92 Å². The summed E-state index contributed by atoms with van der Waals surface area (Å²) < 4.78 is 1.22. The first-order chi connectivity index (χ1) is 9.70. The van der Waals surface area contributed by atoms with Crippen molar-refractivity contribution >= 4 is 21.6 Å². The molecule has 0 saturated heterocycles. The summed E-state index contributed by atoms with van der Waals surface area (Å²) in [6.07, 6.45) is 6.84. The van der Waals surface area contributed by atoms with E-state index in [2.05, 4.69) is 58.3 Å². The maximum atomic E-state index is 3.71. The van der Waals surface area contributed by atoms with Crippen molar-refractivity contribution in [1.82, 2.24) is 5.32 Å². The Labute approximate surface area is 132 Å². The molecule has 0 atom stereocenters. The highest BCUT2D eigenvalue weighted by Crippen LogP contribution is 2.28. The number of halogens is 1. The van der Waals surface area contributed by atoms with Crippen molar-refractivity contribution in [2.45, 2.75) is 45.6 Å². The van der Waals surface area contributed by atoms with Gasteiger partial charge in [0.1, 0.15) is 0 Å². The summed E-state index contributed by atoms with van der Waals surface area (Å²) in [6, 6.07) is 6.76. The normalized spacial score (nSPS) is 15.8. The zero-order valence-corrected chi connectivity index (χ0v) is 14.4. The van der Waals surface area contributed by atoms with Crippen molar-refractivity contribution in [1.29, 1.82) is 0 Å². The van der Waals surface area contributed by atoms with E-state index in [-0.39, 0.29) is 0 Å². The lowest BCUT2D eigenvalue weighted by Gasteiger charge is -2.24. The minimum Gasteiger partial charge on any atom is -0.374 e. The van der Waals surface area contributed by atoms with Gasteiger partial charge in [-0.15, -0.1) is 0 Å². The van der Waals surface area contributed by atoms with E-state index in [4.69, 9.17) is 0 Å². The summed E-state index contributed by atoms with van der Waals surface area (Å²) in [5.41, 5.74) is 2.67. The Bertz CT molecular complexity index is 413. The first-order valence-corrected chi connectivity index (χ1v) is 8.70. The quantitative estimate of drug-likeness (QED) is 0.732. The van der Waals surface area contributed by atoms with Crippen LogP contribution in [0.4, 0.5) is 5.69 Å². The molecule has 20 heavy (non-hydrogen) atoms. The maximum Gasteiger partial charge on any atom is 0.0375 e. The van der Waals surface area contributed by atoms with Crippen molar-refractivity contribution < 1.29 is 0 Å². The van der Waals surface area contributed by atoms with Gasteiger partial charge in [-0.3, -0.25) is 0 Å². The predicted octanol–water partition coefficient (Wildman–Crippen LogP) is 4.58. The highest BCUT2D eigenvalue weighted by molar-refractivity contribution is 9.10. The second-order valence-corrected chi connectivity index (χ2v) is 6.84. The van der Waals surface area contributed by atoms with Crippen molar-refractivity contribution in [3.63, 3.8) is 0 Å². The van der Waals surface area contributed by atoms with Crippen LogP contribution in [0.5, 0.6) is 0 Å². The van der Waals surface area contributed by atoms with E-state index in [1.807, 2.05) is 0 Å². The Kier molecular flexibility index (Phi) is 6.37. The summed E-state index contributed by atoms with van der Waals surface area (Å²) in [6.45, 7) is 5.42. The average molecular weight is 339 g/mol. The number of benzene rings is 1. The SMILES string of the molecule is CCCNCc1ccc(N(C)CC2CCCC2)cc1Br. The minimum atomic E-state index is 0.893. The van der Waals surface area contributed by atoms with Gasteiger partial charge in [0.05, 0.1) is 0 Å². The van der Waals surface area contributed by atoms with Gasteiger partial charge in [-0.05, 0) is 49.4 Å². The third-order valence-corrected chi connectivity index (χ3v) is 4.96. The number of hydrogen-bond donors (Lipinski definition) is 1.